The first-order valence-electron chi connectivity index (χ1n) is 11.1. The molecule has 0 amide bonds. The molecule has 3 aliphatic rings. The number of carbonyl (C=O) groups is 1. The van der Waals surface area contributed by atoms with Gasteiger partial charge in [-0.1, -0.05) is 6.07 Å². The number of aryl methyl sites for hydroxylation is 1. The highest BCUT2D eigenvalue weighted by Crippen LogP contribution is 2.38. The molecule has 5 rings (SSSR count). The minimum absolute atomic E-state index is 0.00941. The summed E-state index contributed by atoms with van der Waals surface area (Å²) in [6.45, 7) is 2.96. The predicted molar refractivity (Wildman–Crippen MR) is 120 cm³/mol. The molecule has 0 aromatic carbocycles. The number of nitrogens with zero attached hydrogens (tertiary/aromatic N) is 4. The van der Waals surface area contributed by atoms with E-state index in [1.165, 1.54) is 23.5 Å². The lowest BCUT2D eigenvalue weighted by Gasteiger charge is -2.30. The second-order valence-corrected chi connectivity index (χ2v) is 9.30. The van der Waals surface area contributed by atoms with Crippen molar-refractivity contribution >= 4 is 23.1 Å². The Morgan fingerprint density at radius 3 is 2.94 bits per heavy atom. The molecular formula is C22H23F3N6O3S. The van der Waals surface area contributed by atoms with Crippen LogP contribution in [0.2, 0.25) is 0 Å². The monoisotopic (exact) mass is 508 g/mol. The first kappa shape index (κ1) is 23.9. The summed E-state index contributed by atoms with van der Waals surface area (Å²) in [7, 11) is 0. The Kier molecular flexibility index (Phi) is 6.34. The van der Waals surface area contributed by atoms with Crippen LogP contribution in [0.15, 0.2) is 40.0 Å². The van der Waals surface area contributed by atoms with Crippen LogP contribution in [0.3, 0.4) is 0 Å². The average molecular weight is 509 g/mol. The molecule has 3 aliphatic heterocycles. The highest BCUT2D eigenvalue weighted by atomic mass is 32.1. The van der Waals surface area contributed by atoms with Crippen molar-refractivity contribution in [1.29, 1.82) is 0 Å². The number of amidine groups is 1. The fraction of sp³-hybridized carbons (Fsp3) is 0.455. The molecule has 0 aliphatic carbocycles. The summed E-state index contributed by atoms with van der Waals surface area (Å²) in [4.78, 5) is 32.8. The molecule has 5 heterocycles. The van der Waals surface area contributed by atoms with Crippen LogP contribution in [0, 0.1) is 12.9 Å². The Labute approximate surface area is 203 Å². The molecule has 2 saturated heterocycles. The summed E-state index contributed by atoms with van der Waals surface area (Å²) in [6, 6.07) is 0.0804. The number of alkyl halides is 2. The van der Waals surface area contributed by atoms with Crippen LogP contribution in [0.4, 0.5) is 13.2 Å². The molecular weight excluding hydrogens is 485 g/mol. The quantitative estimate of drug-likeness (QED) is 0.452. The fourth-order valence-electron chi connectivity index (χ4n) is 4.62. The highest BCUT2D eigenvalue weighted by molar-refractivity contribution is 7.11. The number of thiazole rings is 1. The van der Waals surface area contributed by atoms with E-state index in [1.54, 1.807) is 30.3 Å². The van der Waals surface area contributed by atoms with Gasteiger partial charge in [0.1, 0.15) is 12.1 Å². The van der Waals surface area contributed by atoms with Crippen molar-refractivity contribution in [3.8, 4) is 0 Å². The molecule has 186 valence electrons. The minimum atomic E-state index is -3.01. The Morgan fingerprint density at radius 2 is 2.23 bits per heavy atom. The standard InChI is InChI=1S/C22H23F3N6O3S/c1-3-33-21(32)16-13(8-31-10-22(24,25)18-14(31)9-34-30-18)28-19(20-26-6-7-35-20)29-17(16)12-4-5-15(23)27-11(12)2/h4-7,14,17-18,30H,3,8-10H2,1-2H3,(H,28,29). The third-order valence-corrected chi connectivity index (χ3v) is 6.97. The topological polar surface area (TPSA) is 101 Å². The van der Waals surface area contributed by atoms with E-state index in [4.69, 9.17) is 14.6 Å². The number of likely N-dealkylation sites (tertiary alicyclic amines) is 1. The number of halogens is 3. The number of hydroxylamine groups is 1. The van der Waals surface area contributed by atoms with Gasteiger partial charge in [0, 0.05) is 35.1 Å². The number of nitrogens with one attached hydrogen (secondary N) is 2. The van der Waals surface area contributed by atoms with Crippen LogP contribution in [0.25, 0.3) is 0 Å². The zero-order valence-electron chi connectivity index (χ0n) is 18.9. The van der Waals surface area contributed by atoms with Gasteiger partial charge in [-0.2, -0.15) is 9.87 Å². The predicted octanol–water partition coefficient (Wildman–Crippen LogP) is 2.12. The molecule has 2 aromatic heterocycles. The molecule has 13 heteroatoms. The Hall–Kier alpha value is -2.87. The summed E-state index contributed by atoms with van der Waals surface area (Å²) < 4.78 is 48.3. The van der Waals surface area contributed by atoms with E-state index in [0.717, 1.165) is 0 Å². The van der Waals surface area contributed by atoms with E-state index in [1.807, 2.05) is 0 Å². The van der Waals surface area contributed by atoms with Crippen molar-refractivity contribution in [3.63, 3.8) is 0 Å². The number of fused-ring (bicyclic) bond motifs is 1. The van der Waals surface area contributed by atoms with E-state index in [9.17, 15) is 18.0 Å². The molecule has 3 atom stereocenters. The molecule has 2 N–H and O–H groups in total. The van der Waals surface area contributed by atoms with Crippen LogP contribution in [0.1, 0.15) is 29.2 Å². The minimum Gasteiger partial charge on any atom is -0.463 e. The zero-order chi connectivity index (χ0) is 24.7. The van der Waals surface area contributed by atoms with Gasteiger partial charge in [0.25, 0.3) is 5.92 Å². The van der Waals surface area contributed by atoms with Crippen LogP contribution < -0.4 is 10.8 Å². The summed E-state index contributed by atoms with van der Waals surface area (Å²) in [5.41, 5.74) is 3.78. The summed E-state index contributed by atoms with van der Waals surface area (Å²) >= 11 is 1.33. The molecule has 0 radical (unpaired) electrons. The lowest BCUT2D eigenvalue weighted by molar-refractivity contribution is -0.139. The molecule has 2 aromatic rings. The smallest absolute Gasteiger partial charge is 0.338 e. The van der Waals surface area contributed by atoms with Gasteiger partial charge < -0.3 is 10.1 Å². The number of aromatic nitrogens is 2. The van der Waals surface area contributed by atoms with Crippen molar-refractivity contribution in [2.75, 3.05) is 26.3 Å². The number of hydrogen-bond acceptors (Lipinski definition) is 10. The summed E-state index contributed by atoms with van der Waals surface area (Å²) in [6.07, 6.45) is 1.61. The SMILES string of the molecule is CCOC(=O)C1=C(CN2CC(F)(F)C3NOCC32)NC(c2nccs2)=NC1c1ccc(F)nc1C. The van der Waals surface area contributed by atoms with Crippen molar-refractivity contribution in [1.82, 2.24) is 25.7 Å². The van der Waals surface area contributed by atoms with Crippen molar-refractivity contribution in [2.45, 2.75) is 37.9 Å². The molecule has 2 fully saturated rings. The van der Waals surface area contributed by atoms with E-state index in [0.29, 0.717) is 27.8 Å². The van der Waals surface area contributed by atoms with Gasteiger partial charge in [-0.3, -0.25) is 14.7 Å². The molecule has 3 unspecified atom stereocenters. The van der Waals surface area contributed by atoms with Crippen LogP contribution in [-0.2, 0) is 14.4 Å². The van der Waals surface area contributed by atoms with Crippen LogP contribution in [0.5, 0.6) is 0 Å². The Morgan fingerprint density at radius 1 is 1.40 bits per heavy atom. The van der Waals surface area contributed by atoms with E-state index < -0.39 is 42.5 Å². The average Bonchev–Trinajstić information content (AvgIpc) is 3.54. The highest BCUT2D eigenvalue weighted by Gasteiger charge is 2.57. The van der Waals surface area contributed by atoms with Crippen molar-refractivity contribution < 1.29 is 27.5 Å². The van der Waals surface area contributed by atoms with Gasteiger partial charge in [0.2, 0.25) is 5.95 Å². The van der Waals surface area contributed by atoms with E-state index in [2.05, 4.69) is 20.8 Å². The van der Waals surface area contributed by atoms with Crippen LogP contribution in [-0.4, -0.2) is 71.0 Å². The fourth-order valence-corrected chi connectivity index (χ4v) is 5.21. The third kappa shape index (κ3) is 4.44. The van der Waals surface area contributed by atoms with Gasteiger partial charge in [0.15, 0.2) is 10.8 Å². The van der Waals surface area contributed by atoms with Crippen molar-refractivity contribution in [3.05, 3.63) is 57.2 Å². The molecule has 35 heavy (non-hydrogen) atoms. The maximum Gasteiger partial charge on any atom is 0.338 e. The number of ether oxygens (including phenoxy) is 1. The number of rotatable bonds is 6. The maximum absolute atomic E-state index is 14.6. The summed E-state index contributed by atoms with van der Waals surface area (Å²) in [5.74, 6) is -3.94. The molecule has 0 bridgehead atoms. The van der Waals surface area contributed by atoms with Gasteiger partial charge in [-0.05, 0) is 19.9 Å². The molecule has 0 saturated carbocycles. The van der Waals surface area contributed by atoms with Gasteiger partial charge in [-0.15, -0.1) is 11.3 Å². The van der Waals surface area contributed by atoms with Gasteiger partial charge >= 0.3 is 5.97 Å². The Bertz CT molecular complexity index is 1190. The summed E-state index contributed by atoms with van der Waals surface area (Å²) in [5, 5.41) is 5.47. The zero-order valence-corrected chi connectivity index (χ0v) is 19.7. The largest absolute Gasteiger partial charge is 0.463 e. The first-order chi connectivity index (χ1) is 16.8. The third-order valence-electron chi connectivity index (χ3n) is 6.19. The first-order valence-corrected chi connectivity index (χ1v) is 11.9. The number of hydrogen-bond donors (Lipinski definition) is 2. The van der Waals surface area contributed by atoms with Crippen molar-refractivity contribution in [2.24, 2.45) is 4.99 Å². The lowest BCUT2D eigenvalue weighted by Crippen LogP contribution is -2.43. The van der Waals surface area contributed by atoms with Gasteiger partial charge in [-0.25, -0.2) is 23.5 Å². The Balaban J connectivity index is 1.60. The molecule has 0 spiro atoms. The van der Waals surface area contributed by atoms with E-state index >= 15 is 0 Å². The molecule has 9 nitrogen and oxygen atoms in total. The number of esters is 1. The van der Waals surface area contributed by atoms with Gasteiger partial charge in [0.05, 0.1) is 31.4 Å². The second kappa shape index (κ2) is 9.30. The second-order valence-electron chi connectivity index (χ2n) is 8.40. The van der Waals surface area contributed by atoms with Crippen LogP contribution >= 0.6 is 11.3 Å². The number of pyridine rings is 1. The number of carbonyl (C=O) groups excluding carboxylic acids is 1. The normalized spacial score (nSPS) is 25.9. The number of aliphatic imine (C=N–C) groups is 1. The lowest BCUT2D eigenvalue weighted by atomic mass is 9.94. The van der Waals surface area contributed by atoms with E-state index in [-0.39, 0.29) is 25.3 Å². The maximum atomic E-state index is 14.6.